The van der Waals surface area contributed by atoms with Crippen LogP contribution in [0.3, 0.4) is 0 Å². The zero-order valence-corrected chi connectivity index (χ0v) is 13.5. The van der Waals surface area contributed by atoms with Crippen LogP contribution in [0.25, 0.3) is 0 Å². The summed E-state index contributed by atoms with van der Waals surface area (Å²) in [6.45, 7) is 4.38. The number of fused-ring (bicyclic) bond motifs is 1. The SMILES string of the molecule is CCOCc1cccc2c1OB(O)[C@@H](NC(=O)CCC(C)=O)C2. The molecule has 1 aliphatic heterocycles. The Morgan fingerprint density at radius 2 is 2.22 bits per heavy atom. The molecule has 1 heterocycles. The van der Waals surface area contributed by atoms with Gasteiger partial charge in [-0.15, -0.1) is 0 Å². The lowest BCUT2D eigenvalue weighted by atomic mass is 9.72. The van der Waals surface area contributed by atoms with Gasteiger partial charge in [0.15, 0.2) is 0 Å². The number of para-hydroxylation sites is 1. The topological polar surface area (TPSA) is 84.9 Å². The molecule has 0 aromatic heterocycles. The van der Waals surface area contributed by atoms with Crippen molar-refractivity contribution in [3.05, 3.63) is 29.3 Å². The van der Waals surface area contributed by atoms with E-state index in [2.05, 4.69) is 5.32 Å². The molecule has 0 bridgehead atoms. The first-order valence-corrected chi connectivity index (χ1v) is 7.83. The number of Topliss-reactive ketones (excluding diaryl/α,β-unsaturated/α-hetero) is 1. The zero-order valence-electron chi connectivity index (χ0n) is 13.5. The molecular weight excluding hydrogens is 297 g/mol. The predicted octanol–water partition coefficient (Wildman–Crippen LogP) is 1.03. The highest BCUT2D eigenvalue weighted by Crippen LogP contribution is 2.30. The number of rotatable bonds is 7. The van der Waals surface area contributed by atoms with Crippen molar-refractivity contribution in [2.24, 2.45) is 0 Å². The second-order valence-corrected chi connectivity index (χ2v) is 5.63. The molecule has 23 heavy (non-hydrogen) atoms. The smallest absolute Gasteiger partial charge is 0.534 e. The maximum Gasteiger partial charge on any atom is 0.547 e. The van der Waals surface area contributed by atoms with Crippen molar-refractivity contribution in [1.82, 2.24) is 5.32 Å². The van der Waals surface area contributed by atoms with E-state index in [1.54, 1.807) is 0 Å². The van der Waals surface area contributed by atoms with Crippen LogP contribution in [0, 0.1) is 0 Å². The first kappa shape index (κ1) is 17.5. The van der Waals surface area contributed by atoms with Gasteiger partial charge in [0.1, 0.15) is 11.5 Å². The third-order valence-corrected chi connectivity index (χ3v) is 3.71. The van der Waals surface area contributed by atoms with Crippen LogP contribution in [0.2, 0.25) is 0 Å². The van der Waals surface area contributed by atoms with Gasteiger partial charge >= 0.3 is 7.12 Å². The van der Waals surface area contributed by atoms with Crippen LogP contribution in [0.5, 0.6) is 5.75 Å². The molecule has 124 valence electrons. The van der Waals surface area contributed by atoms with Crippen molar-refractivity contribution in [3.8, 4) is 5.75 Å². The molecule has 1 atom stereocenters. The minimum Gasteiger partial charge on any atom is -0.534 e. The number of nitrogens with one attached hydrogen (secondary N) is 1. The third-order valence-electron chi connectivity index (χ3n) is 3.71. The molecule has 0 saturated heterocycles. The Bertz CT molecular complexity index is 578. The molecule has 7 heteroatoms. The number of benzene rings is 1. The number of carbonyl (C=O) groups is 2. The molecule has 0 radical (unpaired) electrons. The van der Waals surface area contributed by atoms with Crippen molar-refractivity contribution in [1.29, 1.82) is 0 Å². The van der Waals surface area contributed by atoms with E-state index in [-0.39, 0.29) is 24.5 Å². The summed E-state index contributed by atoms with van der Waals surface area (Å²) in [6, 6.07) is 5.71. The fraction of sp³-hybridized carbons (Fsp3) is 0.500. The summed E-state index contributed by atoms with van der Waals surface area (Å²) in [7, 11) is -1.12. The first-order valence-electron chi connectivity index (χ1n) is 7.83. The van der Waals surface area contributed by atoms with Gasteiger partial charge in [-0.3, -0.25) is 4.79 Å². The third kappa shape index (κ3) is 4.81. The molecule has 1 aliphatic rings. The molecule has 1 amide bonds. The lowest BCUT2D eigenvalue weighted by Gasteiger charge is -2.29. The minimum atomic E-state index is -1.12. The van der Waals surface area contributed by atoms with Gasteiger partial charge in [-0.05, 0) is 25.8 Å². The predicted molar refractivity (Wildman–Crippen MR) is 85.9 cm³/mol. The van der Waals surface area contributed by atoms with Gasteiger partial charge in [0, 0.05) is 25.0 Å². The Labute approximate surface area is 136 Å². The molecule has 0 fully saturated rings. The van der Waals surface area contributed by atoms with E-state index < -0.39 is 13.1 Å². The Balaban J connectivity index is 2.03. The molecule has 0 aliphatic carbocycles. The van der Waals surface area contributed by atoms with Crippen LogP contribution in [-0.4, -0.2) is 36.4 Å². The van der Waals surface area contributed by atoms with E-state index >= 15 is 0 Å². The normalized spacial score (nSPS) is 16.5. The summed E-state index contributed by atoms with van der Waals surface area (Å²) < 4.78 is 11.0. The van der Waals surface area contributed by atoms with Crippen LogP contribution in [0.15, 0.2) is 18.2 Å². The fourth-order valence-electron chi connectivity index (χ4n) is 2.51. The Morgan fingerprint density at radius 1 is 1.43 bits per heavy atom. The number of carbonyl (C=O) groups excluding carboxylic acids is 2. The van der Waals surface area contributed by atoms with Crippen LogP contribution in [-0.2, 0) is 27.4 Å². The number of hydrogen-bond acceptors (Lipinski definition) is 5. The summed E-state index contributed by atoms with van der Waals surface area (Å²) in [4.78, 5) is 22.8. The average molecular weight is 319 g/mol. The van der Waals surface area contributed by atoms with Gasteiger partial charge < -0.3 is 24.5 Å². The number of amides is 1. The van der Waals surface area contributed by atoms with Crippen LogP contribution >= 0.6 is 0 Å². The lowest BCUT2D eigenvalue weighted by Crippen LogP contribution is -2.53. The summed E-state index contributed by atoms with van der Waals surface area (Å²) in [6.07, 6.45) is 0.794. The average Bonchev–Trinajstić information content (AvgIpc) is 2.52. The summed E-state index contributed by atoms with van der Waals surface area (Å²) >= 11 is 0. The van der Waals surface area contributed by atoms with Crippen LogP contribution < -0.4 is 9.97 Å². The maximum absolute atomic E-state index is 11.8. The minimum absolute atomic E-state index is 0.0356. The number of ether oxygens (including phenoxy) is 1. The highest BCUT2D eigenvalue weighted by Gasteiger charge is 2.36. The van der Waals surface area contributed by atoms with E-state index in [9.17, 15) is 14.6 Å². The van der Waals surface area contributed by atoms with E-state index in [1.165, 1.54) is 6.92 Å². The quantitative estimate of drug-likeness (QED) is 0.733. The van der Waals surface area contributed by atoms with Crippen LogP contribution in [0.4, 0.5) is 0 Å². The van der Waals surface area contributed by atoms with Gasteiger partial charge in [-0.1, -0.05) is 18.2 Å². The molecule has 6 nitrogen and oxygen atoms in total. The van der Waals surface area contributed by atoms with E-state index in [4.69, 9.17) is 9.39 Å². The highest BCUT2D eigenvalue weighted by molar-refractivity contribution is 6.46. The molecule has 2 N–H and O–H groups in total. The van der Waals surface area contributed by atoms with Gasteiger partial charge in [0.05, 0.1) is 12.5 Å². The van der Waals surface area contributed by atoms with E-state index in [0.29, 0.717) is 25.4 Å². The van der Waals surface area contributed by atoms with Gasteiger partial charge in [0.2, 0.25) is 5.91 Å². The number of hydrogen-bond donors (Lipinski definition) is 2. The highest BCUT2D eigenvalue weighted by atomic mass is 16.5. The molecule has 2 rings (SSSR count). The Kier molecular flexibility index (Phi) is 6.18. The second-order valence-electron chi connectivity index (χ2n) is 5.63. The molecule has 0 spiro atoms. The van der Waals surface area contributed by atoms with Crippen molar-refractivity contribution >= 4 is 18.8 Å². The monoisotopic (exact) mass is 319 g/mol. The largest absolute Gasteiger partial charge is 0.547 e. The maximum atomic E-state index is 11.8. The van der Waals surface area contributed by atoms with Crippen molar-refractivity contribution in [3.63, 3.8) is 0 Å². The summed E-state index contributed by atoms with van der Waals surface area (Å²) in [5.74, 6) is -0.194. The Morgan fingerprint density at radius 3 is 2.91 bits per heavy atom. The van der Waals surface area contributed by atoms with Gasteiger partial charge in [-0.2, -0.15) is 0 Å². The van der Waals surface area contributed by atoms with Crippen molar-refractivity contribution in [2.75, 3.05) is 6.61 Å². The zero-order chi connectivity index (χ0) is 16.8. The van der Waals surface area contributed by atoms with Gasteiger partial charge in [0.25, 0.3) is 0 Å². The summed E-state index contributed by atoms with van der Waals surface area (Å²) in [5.41, 5.74) is 1.80. The molecular formula is C16H22BNO5. The standard InChI is InChI=1S/C16H22BNO5/c1-3-22-10-13-6-4-5-12-9-14(17(21)23-16(12)13)18-15(20)8-7-11(2)19/h4-6,14,21H,3,7-10H2,1-2H3,(H,18,20)/t14-/m0/s1. The lowest BCUT2D eigenvalue weighted by molar-refractivity contribution is -0.124. The van der Waals surface area contributed by atoms with E-state index in [1.807, 2.05) is 25.1 Å². The van der Waals surface area contributed by atoms with Gasteiger partial charge in [-0.25, -0.2) is 0 Å². The molecule has 0 unspecified atom stereocenters. The first-order chi connectivity index (χ1) is 11.0. The second kappa shape index (κ2) is 8.13. The fourth-order valence-corrected chi connectivity index (χ4v) is 2.51. The summed E-state index contributed by atoms with van der Waals surface area (Å²) in [5, 5.41) is 12.9. The molecule has 0 saturated carbocycles. The Hall–Kier alpha value is -1.86. The van der Waals surface area contributed by atoms with E-state index in [0.717, 1.165) is 11.1 Å². The van der Waals surface area contributed by atoms with Crippen molar-refractivity contribution < 1.29 is 24.0 Å². The van der Waals surface area contributed by atoms with Crippen LogP contribution in [0.1, 0.15) is 37.8 Å². The molecule has 1 aromatic carbocycles. The molecule has 1 aromatic rings. The number of ketones is 1. The van der Waals surface area contributed by atoms with Crippen molar-refractivity contribution in [2.45, 2.75) is 45.7 Å².